The minimum absolute atomic E-state index is 0.0231. The highest BCUT2D eigenvalue weighted by atomic mass is 16.5. The SMILES string of the molecule is CNC1CC(NC)C1C(=O)OC. The van der Waals surface area contributed by atoms with E-state index in [0.717, 1.165) is 6.42 Å². The molecule has 2 unspecified atom stereocenters. The fraction of sp³-hybridized carbons (Fsp3) is 0.875. The molecule has 1 aliphatic carbocycles. The van der Waals surface area contributed by atoms with Crippen molar-refractivity contribution in [1.29, 1.82) is 0 Å². The second kappa shape index (κ2) is 3.87. The van der Waals surface area contributed by atoms with E-state index in [-0.39, 0.29) is 24.0 Å². The molecule has 2 atom stereocenters. The van der Waals surface area contributed by atoms with Crippen molar-refractivity contribution >= 4 is 5.97 Å². The van der Waals surface area contributed by atoms with E-state index in [1.165, 1.54) is 7.11 Å². The maximum atomic E-state index is 11.2. The maximum Gasteiger partial charge on any atom is 0.311 e. The van der Waals surface area contributed by atoms with Crippen LogP contribution in [-0.4, -0.2) is 39.3 Å². The lowest BCUT2D eigenvalue weighted by Crippen LogP contribution is -2.61. The molecule has 0 spiro atoms. The first-order valence-corrected chi connectivity index (χ1v) is 4.17. The molecule has 0 amide bonds. The molecule has 0 aromatic heterocycles. The summed E-state index contributed by atoms with van der Waals surface area (Å²) < 4.78 is 4.70. The molecular formula is C8H16N2O2. The van der Waals surface area contributed by atoms with Gasteiger partial charge in [0, 0.05) is 12.1 Å². The molecule has 0 aromatic carbocycles. The molecule has 0 heterocycles. The molecule has 0 aromatic rings. The number of methoxy groups -OCH3 is 1. The first kappa shape index (κ1) is 9.48. The van der Waals surface area contributed by atoms with Gasteiger partial charge in [-0.3, -0.25) is 4.79 Å². The summed E-state index contributed by atoms with van der Waals surface area (Å²) in [6.07, 6.45) is 0.993. The molecule has 1 fully saturated rings. The van der Waals surface area contributed by atoms with Crippen molar-refractivity contribution in [3.05, 3.63) is 0 Å². The summed E-state index contributed by atoms with van der Waals surface area (Å²) in [4.78, 5) is 11.2. The van der Waals surface area contributed by atoms with E-state index < -0.39 is 0 Å². The molecule has 4 nitrogen and oxygen atoms in total. The normalized spacial score (nSPS) is 34.1. The van der Waals surface area contributed by atoms with Gasteiger partial charge in [0.05, 0.1) is 13.0 Å². The zero-order chi connectivity index (χ0) is 9.14. The van der Waals surface area contributed by atoms with Gasteiger partial charge in [-0.1, -0.05) is 0 Å². The lowest BCUT2D eigenvalue weighted by atomic mass is 9.74. The van der Waals surface area contributed by atoms with Gasteiger partial charge in [-0.25, -0.2) is 0 Å². The Hall–Kier alpha value is -0.610. The minimum atomic E-state index is -0.125. The van der Waals surface area contributed by atoms with Crippen LogP contribution in [0.3, 0.4) is 0 Å². The molecule has 0 bridgehead atoms. The van der Waals surface area contributed by atoms with Crippen LogP contribution in [0.4, 0.5) is 0 Å². The smallest absolute Gasteiger partial charge is 0.311 e. The third-order valence-electron chi connectivity index (χ3n) is 2.59. The van der Waals surface area contributed by atoms with E-state index in [4.69, 9.17) is 4.74 Å². The van der Waals surface area contributed by atoms with Crippen LogP contribution in [0.2, 0.25) is 0 Å². The van der Waals surface area contributed by atoms with Gasteiger partial charge < -0.3 is 15.4 Å². The number of ether oxygens (including phenoxy) is 1. The number of hydrogen-bond acceptors (Lipinski definition) is 4. The molecule has 0 aliphatic heterocycles. The Morgan fingerprint density at radius 1 is 1.33 bits per heavy atom. The largest absolute Gasteiger partial charge is 0.469 e. The van der Waals surface area contributed by atoms with Crippen LogP contribution in [0.1, 0.15) is 6.42 Å². The van der Waals surface area contributed by atoms with Gasteiger partial charge in [-0.15, -0.1) is 0 Å². The summed E-state index contributed by atoms with van der Waals surface area (Å²) in [5.41, 5.74) is 0. The molecular weight excluding hydrogens is 156 g/mol. The number of nitrogens with one attached hydrogen (secondary N) is 2. The van der Waals surface area contributed by atoms with Gasteiger partial charge in [-0.05, 0) is 20.5 Å². The minimum Gasteiger partial charge on any atom is -0.469 e. The highest BCUT2D eigenvalue weighted by Gasteiger charge is 2.44. The molecule has 4 heteroatoms. The highest BCUT2D eigenvalue weighted by Crippen LogP contribution is 2.28. The second-order valence-electron chi connectivity index (χ2n) is 3.07. The summed E-state index contributed by atoms with van der Waals surface area (Å²) in [6.45, 7) is 0. The van der Waals surface area contributed by atoms with E-state index >= 15 is 0 Å². The monoisotopic (exact) mass is 172 g/mol. The highest BCUT2D eigenvalue weighted by molar-refractivity contribution is 5.75. The molecule has 0 radical (unpaired) electrons. The van der Waals surface area contributed by atoms with Crippen molar-refractivity contribution in [2.45, 2.75) is 18.5 Å². The molecule has 1 saturated carbocycles. The lowest BCUT2D eigenvalue weighted by Gasteiger charge is -2.42. The fourth-order valence-corrected chi connectivity index (χ4v) is 1.71. The van der Waals surface area contributed by atoms with E-state index in [1.54, 1.807) is 0 Å². The first-order chi connectivity index (χ1) is 5.74. The first-order valence-electron chi connectivity index (χ1n) is 4.17. The van der Waals surface area contributed by atoms with Gasteiger partial charge in [0.25, 0.3) is 0 Å². The van der Waals surface area contributed by atoms with Crippen LogP contribution < -0.4 is 10.6 Å². The van der Waals surface area contributed by atoms with Crippen LogP contribution in [-0.2, 0) is 9.53 Å². The summed E-state index contributed by atoms with van der Waals surface area (Å²) in [6, 6.07) is 0.546. The standard InChI is InChI=1S/C8H16N2O2/c1-9-5-4-6(10-2)7(5)8(11)12-3/h5-7,9-10H,4H2,1-3H3. The number of hydrogen-bond donors (Lipinski definition) is 2. The lowest BCUT2D eigenvalue weighted by molar-refractivity contribution is -0.151. The van der Waals surface area contributed by atoms with Crippen molar-refractivity contribution in [1.82, 2.24) is 10.6 Å². The van der Waals surface area contributed by atoms with Crippen molar-refractivity contribution in [2.24, 2.45) is 5.92 Å². The Kier molecular flexibility index (Phi) is 3.05. The third-order valence-corrected chi connectivity index (χ3v) is 2.59. The van der Waals surface area contributed by atoms with E-state index in [2.05, 4.69) is 10.6 Å². The molecule has 12 heavy (non-hydrogen) atoms. The van der Waals surface area contributed by atoms with Gasteiger partial charge in [0.15, 0.2) is 0 Å². The fourth-order valence-electron chi connectivity index (χ4n) is 1.71. The van der Waals surface area contributed by atoms with Gasteiger partial charge >= 0.3 is 5.97 Å². The zero-order valence-electron chi connectivity index (χ0n) is 7.76. The predicted molar refractivity (Wildman–Crippen MR) is 45.8 cm³/mol. The third kappa shape index (κ3) is 1.44. The number of esters is 1. The quantitative estimate of drug-likeness (QED) is 0.556. The Morgan fingerprint density at radius 3 is 2.17 bits per heavy atom. The van der Waals surface area contributed by atoms with Crippen LogP contribution in [0, 0.1) is 5.92 Å². The Balaban J connectivity index is 2.51. The van der Waals surface area contributed by atoms with E-state index in [9.17, 15) is 4.79 Å². The van der Waals surface area contributed by atoms with Crippen LogP contribution in [0.25, 0.3) is 0 Å². The number of carbonyl (C=O) groups excluding carboxylic acids is 1. The van der Waals surface area contributed by atoms with Crippen molar-refractivity contribution in [3.8, 4) is 0 Å². The van der Waals surface area contributed by atoms with Crippen molar-refractivity contribution < 1.29 is 9.53 Å². The molecule has 70 valence electrons. The number of rotatable bonds is 3. The molecule has 1 rings (SSSR count). The van der Waals surface area contributed by atoms with Gasteiger partial charge in [0.2, 0.25) is 0 Å². The van der Waals surface area contributed by atoms with Crippen LogP contribution in [0.5, 0.6) is 0 Å². The zero-order valence-corrected chi connectivity index (χ0v) is 7.76. The Bertz CT molecular complexity index is 162. The van der Waals surface area contributed by atoms with Crippen molar-refractivity contribution in [3.63, 3.8) is 0 Å². The summed E-state index contributed by atoms with van der Waals surface area (Å²) in [5.74, 6) is -0.148. The number of carbonyl (C=O) groups is 1. The van der Waals surface area contributed by atoms with Crippen molar-refractivity contribution in [2.75, 3.05) is 21.2 Å². The predicted octanol–water partition coefficient (Wildman–Crippen LogP) is -0.645. The van der Waals surface area contributed by atoms with E-state index in [1.807, 2.05) is 14.1 Å². The topological polar surface area (TPSA) is 50.4 Å². The Labute approximate surface area is 72.7 Å². The second-order valence-corrected chi connectivity index (χ2v) is 3.07. The summed E-state index contributed by atoms with van der Waals surface area (Å²) in [7, 11) is 5.17. The summed E-state index contributed by atoms with van der Waals surface area (Å²) >= 11 is 0. The van der Waals surface area contributed by atoms with E-state index in [0.29, 0.717) is 0 Å². The molecule has 0 saturated heterocycles. The average Bonchev–Trinajstić information content (AvgIpc) is 2.04. The van der Waals surface area contributed by atoms with Gasteiger partial charge in [0.1, 0.15) is 0 Å². The average molecular weight is 172 g/mol. The molecule has 2 N–H and O–H groups in total. The van der Waals surface area contributed by atoms with Gasteiger partial charge in [-0.2, -0.15) is 0 Å². The summed E-state index contributed by atoms with van der Waals surface area (Å²) in [5, 5.41) is 6.18. The Morgan fingerprint density at radius 2 is 1.83 bits per heavy atom. The maximum absolute atomic E-state index is 11.2. The molecule has 1 aliphatic rings. The van der Waals surface area contributed by atoms with Crippen LogP contribution >= 0.6 is 0 Å². The van der Waals surface area contributed by atoms with Crippen LogP contribution in [0.15, 0.2) is 0 Å².